The zero-order valence-electron chi connectivity index (χ0n) is 25.8. The van der Waals surface area contributed by atoms with Gasteiger partial charge < -0.3 is 9.96 Å². The van der Waals surface area contributed by atoms with Crippen molar-refractivity contribution in [1.82, 2.24) is 0 Å². The molecule has 0 unspecified atom stereocenters. The van der Waals surface area contributed by atoms with Crippen LogP contribution in [-0.4, -0.2) is 16.5 Å². The smallest absolute Gasteiger partial charge is 0.421 e. The van der Waals surface area contributed by atoms with Crippen molar-refractivity contribution in [3.05, 3.63) is 107 Å². The van der Waals surface area contributed by atoms with Crippen LogP contribution in [-0.2, 0) is 26.2 Å². The summed E-state index contributed by atoms with van der Waals surface area (Å²) in [7, 11) is -3.34. The minimum Gasteiger partial charge on any atom is -0.421 e. The predicted octanol–water partition coefficient (Wildman–Crippen LogP) is 9.89. The van der Waals surface area contributed by atoms with Gasteiger partial charge in [0.05, 0.1) is 16.5 Å². The molecule has 0 bridgehead atoms. The van der Waals surface area contributed by atoms with Crippen LogP contribution in [0.2, 0.25) is 26.2 Å². The van der Waals surface area contributed by atoms with Crippen LogP contribution < -0.4 is 9.96 Å². The number of para-hydroxylation sites is 2. The molecule has 2 nitrogen and oxygen atoms in total. The number of anilines is 2. The maximum atomic E-state index is 3.77. The molecule has 4 rings (SSSR count). The summed E-state index contributed by atoms with van der Waals surface area (Å²) < 4.78 is 0. The van der Waals surface area contributed by atoms with Gasteiger partial charge in [0.1, 0.15) is 0 Å². The van der Waals surface area contributed by atoms with Crippen LogP contribution in [0, 0.1) is 23.0 Å². The largest absolute Gasteiger partial charge is 2.00 e. The van der Waals surface area contributed by atoms with Gasteiger partial charge in [-0.2, -0.15) is 22.5 Å². The SMILES string of the molecule is CC(C)(C)C1=[C-]CC=C1[Si](C)(C)Nc1ccccc1.CC(C)(C)C1=[C-]CC=C1[Si](C)(C)Nc1ccccc1.[Zr+2]. The number of allylic oxidation sites excluding steroid dienone is 8. The van der Waals surface area contributed by atoms with E-state index in [1.165, 1.54) is 32.9 Å². The van der Waals surface area contributed by atoms with Gasteiger partial charge in [0.15, 0.2) is 0 Å². The molecule has 0 fully saturated rings. The summed E-state index contributed by atoms with van der Waals surface area (Å²) >= 11 is 0. The molecule has 0 amide bonds. The van der Waals surface area contributed by atoms with Crippen molar-refractivity contribution >= 4 is 27.8 Å². The molecule has 39 heavy (non-hydrogen) atoms. The fourth-order valence-electron chi connectivity index (χ4n) is 5.28. The van der Waals surface area contributed by atoms with Crippen molar-refractivity contribution in [3.63, 3.8) is 0 Å². The van der Waals surface area contributed by atoms with Crippen LogP contribution in [0.4, 0.5) is 11.4 Å². The molecule has 0 radical (unpaired) electrons. The Bertz CT molecular complexity index is 1110. The summed E-state index contributed by atoms with van der Waals surface area (Å²) in [6.45, 7) is 23.2. The summed E-state index contributed by atoms with van der Waals surface area (Å²) in [4.78, 5) is 7.54. The Morgan fingerprint density at radius 1 is 0.564 bits per heavy atom. The summed E-state index contributed by atoms with van der Waals surface area (Å²) in [5.74, 6) is 0. The number of hydrogen-bond acceptors (Lipinski definition) is 2. The van der Waals surface area contributed by atoms with Gasteiger partial charge in [-0.25, -0.2) is 11.1 Å². The molecule has 0 heterocycles. The Kier molecular flexibility index (Phi) is 11.4. The van der Waals surface area contributed by atoms with E-state index in [9.17, 15) is 0 Å². The van der Waals surface area contributed by atoms with Crippen LogP contribution in [0.5, 0.6) is 0 Å². The standard InChI is InChI=1S/2C17H24NSi.Zr/c2*1-17(2,3)15-12-9-13-16(15)19(4,5)18-14-10-7-6-8-11-14;/h2*6-8,10-11,13,18H,9H2,1-5H3;/q2*-1;+2. The van der Waals surface area contributed by atoms with Gasteiger partial charge in [0.2, 0.25) is 0 Å². The molecule has 2 aromatic carbocycles. The normalized spacial score (nSPS) is 15.6. The second-order valence-electron chi connectivity index (χ2n) is 13.5. The molecule has 2 aromatic rings. The van der Waals surface area contributed by atoms with E-state index in [1.54, 1.807) is 0 Å². The first-order valence-electron chi connectivity index (χ1n) is 13.9. The third-order valence-corrected chi connectivity index (χ3v) is 12.4. The second-order valence-corrected chi connectivity index (χ2v) is 21.6. The van der Waals surface area contributed by atoms with Crippen molar-refractivity contribution in [2.75, 3.05) is 9.96 Å². The Labute approximate surface area is 260 Å². The Hall–Kier alpha value is -1.68. The van der Waals surface area contributed by atoms with Crippen LogP contribution in [0.15, 0.2) is 94.4 Å². The zero-order chi connectivity index (χ0) is 28.2. The number of benzene rings is 2. The van der Waals surface area contributed by atoms with E-state index in [2.05, 4.69) is 163 Å². The van der Waals surface area contributed by atoms with E-state index in [1.807, 2.05) is 0 Å². The van der Waals surface area contributed by atoms with Crippen molar-refractivity contribution in [2.24, 2.45) is 10.8 Å². The zero-order valence-corrected chi connectivity index (χ0v) is 30.3. The van der Waals surface area contributed by atoms with Crippen molar-refractivity contribution < 1.29 is 26.2 Å². The first kappa shape index (κ1) is 33.5. The summed E-state index contributed by atoms with van der Waals surface area (Å²) in [6.07, 6.45) is 13.8. The molecule has 2 aliphatic rings. The van der Waals surface area contributed by atoms with Gasteiger partial charge in [0, 0.05) is 11.4 Å². The van der Waals surface area contributed by atoms with Gasteiger partial charge in [-0.15, -0.1) is 12.8 Å². The molecular weight excluding hydrogens is 584 g/mol. The Balaban J connectivity index is 0.000000267. The molecule has 0 saturated heterocycles. The van der Waals surface area contributed by atoms with Gasteiger partial charge in [0.25, 0.3) is 0 Å². The molecule has 0 aliphatic heterocycles. The number of rotatable bonds is 6. The fourth-order valence-corrected chi connectivity index (χ4v) is 10.7. The van der Waals surface area contributed by atoms with E-state index in [-0.39, 0.29) is 37.0 Å². The first-order valence-corrected chi connectivity index (χ1v) is 19.9. The summed E-state index contributed by atoms with van der Waals surface area (Å²) in [6, 6.07) is 21.0. The van der Waals surface area contributed by atoms with E-state index in [0.717, 1.165) is 12.8 Å². The molecule has 0 aromatic heterocycles. The molecular formula is C34H48N2Si2Zr. The minimum absolute atomic E-state index is 0. The molecule has 0 spiro atoms. The summed E-state index contributed by atoms with van der Waals surface area (Å²) in [5, 5.41) is 3.03. The van der Waals surface area contributed by atoms with E-state index in [4.69, 9.17) is 0 Å². The topological polar surface area (TPSA) is 24.1 Å². The third-order valence-electron chi connectivity index (χ3n) is 7.02. The number of nitrogens with one attached hydrogen (secondary N) is 2. The maximum Gasteiger partial charge on any atom is 2.00 e. The second kappa shape index (κ2) is 13.3. The third kappa shape index (κ3) is 9.16. The van der Waals surface area contributed by atoms with Crippen molar-refractivity contribution in [3.8, 4) is 0 Å². The monoisotopic (exact) mass is 630 g/mol. The quantitative estimate of drug-likeness (QED) is 0.245. The van der Waals surface area contributed by atoms with E-state index >= 15 is 0 Å². The van der Waals surface area contributed by atoms with E-state index in [0.29, 0.717) is 0 Å². The summed E-state index contributed by atoms with van der Waals surface area (Å²) in [5.41, 5.74) is 5.64. The van der Waals surface area contributed by atoms with Crippen molar-refractivity contribution in [2.45, 2.75) is 80.6 Å². The first-order chi connectivity index (χ1) is 17.6. The predicted molar refractivity (Wildman–Crippen MR) is 173 cm³/mol. The molecule has 0 saturated carbocycles. The average molecular weight is 632 g/mol. The van der Waals surface area contributed by atoms with Gasteiger partial charge in [-0.3, -0.25) is 12.2 Å². The molecule has 206 valence electrons. The van der Waals surface area contributed by atoms with Gasteiger partial charge in [-0.05, 0) is 35.1 Å². The molecule has 2 aliphatic carbocycles. The average Bonchev–Trinajstić information content (AvgIpc) is 3.51. The molecule has 0 atom stereocenters. The number of hydrogen-bond donors (Lipinski definition) is 2. The van der Waals surface area contributed by atoms with Gasteiger partial charge in [-0.1, -0.05) is 104 Å². The Morgan fingerprint density at radius 2 is 0.872 bits per heavy atom. The fraction of sp³-hybridized carbons (Fsp3) is 0.412. The van der Waals surface area contributed by atoms with Crippen molar-refractivity contribution in [1.29, 1.82) is 0 Å². The van der Waals surface area contributed by atoms with Crippen LogP contribution >= 0.6 is 0 Å². The minimum atomic E-state index is -1.67. The van der Waals surface area contributed by atoms with Crippen LogP contribution in [0.1, 0.15) is 54.4 Å². The van der Waals surface area contributed by atoms with E-state index < -0.39 is 16.5 Å². The van der Waals surface area contributed by atoms with Crippen LogP contribution in [0.3, 0.4) is 0 Å². The van der Waals surface area contributed by atoms with Gasteiger partial charge >= 0.3 is 26.2 Å². The maximum absolute atomic E-state index is 3.77. The Morgan fingerprint density at radius 3 is 1.15 bits per heavy atom. The van der Waals surface area contributed by atoms with Crippen LogP contribution in [0.25, 0.3) is 0 Å². The molecule has 2 N–H and O–H groups in total. The molecule has 5 heteroatoms.